The summed E-state index contributed by atoms with van der Waals surface area (Å²) in [5, 5.41) is 10.2. The van der Waals surface area contributed by atoms with Gasteiger partial charge >= 0.3 is 0 Å². The minimum absolute atomic E-state index is 0.0623. The third-order valence-electron chi connectivity index (χ3n) is 5.60. The molecule has 0 unspecified atom stereocenters. The third-order valence-corrected chi connectivity index (χ3v) is 6.57. The minimum atomic E-state index is -4.04. The Kier molecular flexibility index (Phi) is 7.30. The van der Waals surface area contributed by atoms with Crippen molar-refractivity contribution in [2.24, 2.45) is 5.14 Å². The van der Waals surface area contributed by atoms with Crippen molar-refractivity contribution in [1.29, 1.82) is 0 Å². The third kappa shape index (κ3) is 5.27. The predicted molar refractivity (Wildman–Crippen MR) is 132 cm³/mol. The molecule has 2 N–H and O–H groups in total. The van der Waals surface area contributed by atoms with Crippen LogP contribution in [0.2, 0.25) is 0 Å². The summed E-state index contributed by atoms with van der Waals surface area (Å²) in [7, 11) is -2.64. The van der Waals surface area contributed by atoms with Crippen LogP contribution in [0.25, 0.3) is 22.4 Å². The molecule has 1 heterocycles. The molecule has 0 fully saturated rings. The first-order valence-electron chi connectivity index (χ1n) is 11.0. The van der Waals surface area contributed by atoms with Gasteiger partial charge in [0.1, 0.15) is 5.69 Å². The van der Waals surface area contributed by atoms with Gasteiger partial charge in [0.05, 0.1) is 30.9 Å². The predicted octanol–water partition coefficient (Wildman–Crippen LogP) is 4.75. The van der Waals surface area contributed by atoms with Gasteiger partial charge in [0.25, 0.3) is 0 Å². The SMILES string of the molecule is CCn1nc(-c2ccccc2S(N)(=O)=O)c(-c2ccc(OC)c(F)c2)c1COCc1ccccc1. The van der Waals surface area contributed by atoms with Crippen LogP contribution in [-0.2, 0) is 34.5 Å². The van der Waals surface area contributed by atoms with Gasteiger partial charge in [-0.15, -0.1) is 0 Å². The molecule has 1 aromatic heterocycles. The lowest BCUT2D eigenvalue weighted by Gasteiger charge is -2.12. The molecule has 4 aromatic rings. The molecule has 0 atom stereocenters. The Balaban J connectivity index is 1.88. The maximum Gasteiger partial charge on any atom is 0.238 e. The average molecular weight is 496 g/mol. The Morgan fingerprint density at radius 1 is 1.00 bits per heavy atom. The molecule has 0 aliphatic carbocycles. The Labute approximate surface area is 204 Å². The largest absolute Gasteiger partial charge is 0.494 e. The second kappa shape index (κ2) is 10.4. The van der Waals surface area contributed by atoms with Crippen LogP contribution in [0.5, 0.6) is 5.75 Å². The van der Waals surface area contributed by atoms with E-state index >= 15 is 0 Å². The van der Waals surface area contributed by atoms with E-state index < -0.39 is 15.8 Å². The van der Waals surface area contributed by atoms with E-state index in [1.807, 2.05) is 37.3 Å². The zero-order valence-corrected chi connectivity index (χ0v) is 20.3. The number of benzene rings is 3. The molecule has 0 radical (unpaired) electrons. The summed E-state index contributed by atoms with van der Waals surface area (Å²) in [6, 6.07) is 20.7. The van der Waals surface area contributed by atoms with Gasteiger partial charge in [0, 0.05) is 17.7 Å². The topological polar surface area (TPSA) is 96.4 Å². The molecule has 0 bridgehead atoms. The molecular formula is C26H26FN3O4S. The number of nitrogens with two attached hydrogens (primary N) is 1. The number of primary sulfonamides is 1. The van der Waals surface area contributed by atoms with Crippen molar-refractivity contribution in [2.75, 3.05) is 7.11 Å². The normalized spacial score (nSPS) is 11.5. The fourth-order valence-corrected chi connectivity index (χ4v) is 4.71. The van der Waals surface area contributed by atoms with Crippen molar-refractivity contribution in [3.8, 4) is 28.1 Å². The summed E-state index contributed by atoms with van der Waals surface area (Å²) in [5.41, 5.74) is 3.48. The maximum atomic E-state index is 14.7. The van der Waals surface area contributed by atoms with Crippen LogP contribution < -0.4 is 9.88 Å². The smallest absolute Gasteiger partial charge is 0.238 e. The average Bonchev–Trinajstić information content (AvgIpc) is 3.22. The van der Waals surface area contributed by atoms with E-state index in [1.165, 1.54) is 25.3 Å². The summed E-state index contributed by atoms with van der Waals surface area (Å²) in [6.45, 7) is 2.96. The molecule has 3 aromatic carbocycles. The zero-order chi connectivity index (χ0) is 25.0. The van der Waals surface area contributed by atoms with E-state index in [-0.39, 0.29) is 17.3 Å². The van der Waals surface area contributed by atoms with Crippen molar-refractivity contribution >= 4 is 10.0 Å². The molecule has 9 heteroatoms. The van der Waals surface area contributed by atoms with Crippen LogP contribution >= 0.6 is 0 Å². The Morgan fingerprint density at radius 3 is 2.37 bits per heavy atom. The summed E-state index contributed by atoms with van der Waals surface area (Å²) >= 11 is 0. The van der Waals surface area contributed by atoms with Gasteiger partial charge in [-0.2, -0.15) is 5.10 Å². The number of rotatable bonds is 9. The van der Waals surface area contributed by atoms with E-state index in [0.29, 0.717) is 41.2 Å². The fourth-order valence-electron chi connectivity index (χ4n) is 3.97. The molecule has 182 valence electrons. The molecule has 0 saturated carbocycles. The zero-order valence-electron chi connectivity index (χ0n) is 19.4. The molecule has 0 aliphatic rings. The Morgan fingerprint density at radius 2 is 1.71 bits per heavy atom. The van der Waals surface area contributed by atoms with Crippen molar-refractivity contribution in [3.63, 3.8) is 0 Å². The number of hydrogen-bond donors (Lipinski definition) is 1. The van der Waals surface area contributed by atoms with Crippen LogP contribution in [0.15, 0.2) is 77.7 Å². The van der Waals surface area contributed by atoms with E-state index in [0.717, 1.165) is 5.56 Å². The van der Waals surface area contributed by atoms with E-state index in [9.17, 15) is 12.8 Å². The second-order valence-electron chi connectivity index (χ2n) is 7.85. The highest BCUT2D eigenvalue weighted by molar-refractivity contribution is 7.89. The minimum Gasteiger partial charge on any atom is -0.494 e. The molecule has 35 heavy (non-hydrogen) atoms. The van der Waals surface area contributed by atoms with E-state index in [2.05, 4.69) is 0 Å². The lowest BCUT2D eigenvalue weighted by molar-refractivity contribution is 0.102. The first kappa shape index (κ1) is 24.6. The number of aromatic nitrogens is 2. The van der Waals surface area contributed by atoms with Crippen LogP contribution in [0.1, 0.15) is 18.2 Å². The van der Waals surface area contributed by atoms with Gasteiger partial charge in [-0.05, 0) is 36.2 Å². The number of sulfonamides is 1. The first-order valence-corrected chi connectivity index (χ1v) is 12.6. The fraction of sp³-hybridized carbons (Fsp3) is 0.192. The molecule has 0 spiro atoms. The summed E-state index contributed by atoms with van der Waals surface area (Å²) in [6.07, 6.45) is 0. The van der Waals surface area contributed by atoms with Crippen LogP contribution in [-0.4, -0.2) is 25.3 Å². The lowest BCUT2D eigenvalue weighted by atomic mass is 9.98. The maximum absolute atomic E-state index is 14.7. The molecular weight excluding hydrogens is 469 g/mol. The van der Waals surface area contributed by atoms with E-state index in [1.54, 1.807) is 28.9 Å². The second-order valence-corrected chi connectivity index (χ2v) is 9.38. The highest BCUT2D eigenvalue weighted by atomic mass is 32.2. The van der Waals surface area contributed by atoms with Gasteiger partial charge < -0.3 is 9.47 Å². The van der Waals surface area contributed by atoms with Crippen LogP contribution in [0.3, 0.4) is 0 Å². The molecule has 0 aliphatic heterocycles. The summed E-state index contributed by atoms with van der Waals surface area (Å²) in [4.78, 5) is -0.0623. The number of halogens is 1. The monoisotopic (exact) mass is 495 g/mol. The lowest BCUT2D eigenvalue weighted by Crippen LogP contribution is -2.13. The van der Waals surface area contributed by atoms with Crippen molar-refractivity contribution in [2.45, 2.75) is 31.6 Å². The number of methoxy groups -OCH3 is 1. The highest BCUT2D eigenvalue weighted by Crippen LogP contribution is 2.39. The number of hydrogen-bond acceptors (Lipinski definition) is 5. The van der Waals surface area contributed by atoms with Crippen molar-refractivity contribution in [1.82, 2.24) is 9.78 Å². The molecule has 4 rings (SSSR count). The van der Waals surface area contributed by atoms with Gasteiger partial charge in [-0.3, -0.25) is 4.68 Å². The quantitative estimate of drug-likeness (QED) is 0.362. The van der Waals surface area contributed by atoms with Gasteiger partial charge in [-0.25, -0.2) is 17.9 Å². The number of nitrogens with zero attached hydrogens (tertiary/aromatic N) is 2. The van der Waals surface area contributed by atoms with Gasteiger partial charge in [0.15, 0.2) is 11.6 Å². The number of aryl methyl sites for hydroxylation is 1. The molecule has 0 amide bonds. The Bertz CT molecular complexity index is 1440. The molecule has 0 saturated heterocycles. The van der Waals surface area contributed by atoms with Crippen molar-refractivity contribution in [3.05, 3.63) is 89.9 Å². The van der Waals surface area contributed by atoms with Crippen molar-refractivity contribution < 1.29 is 22.3 Å². The Hall–Kier alpha value is -3.53. The van der Waals surface area contributed by atoms with Gasteiger partial charge in [-0.1, -0.05) is 54.6 Å². The number of ether oxygens (including phenoxy) is 2. The summed E-state index contributed by atoms with van der Waals surface area (Å²) < 4.78 is 52.2. The summed E-state index contributed by atoms with van der Waals surface area (Å²) in [5.74, 6) is -0.443. The van der Waals surface area contributed by atoms with Crippen LogP contribution in [0.4, 0.5) is 4.39 Å². The molecule has 7 nitrogen and oxygen atoms in total. The standard InChI is InChI=1S/C26H26FN3O4S/c1-3-30-22(17-34-16-18-9-5-4-6-10-18)25(19-13-14-23(33-2)21(27)15-19)26(29-30)20-11-7-8-12-24(20)35(28,31)32/h4-15H,3,16-17H2,1-2H3,(H2,28,31,32). The highest BCUT2D eigenvalue weighted by Gasteiger charge is 2.25. The van der Waals surface area contributed by atoms with Crippen LogP contribution in [0, 0.1) is 5.82 Å². The van der Waals surface area contributed by atoms with E-state index in [4.69, 9.17) is 19.7 Å². The first-order chi connectivity index (χ1) is 16.8. The van der Waals surface area contributed by atoms with Gasteiger partial charge in [0.2, 0.25) is 10.0 Å².